The molecule has 0 aliphatic rings. The molecule has 5 rings (SSSR count). The molecule has 0 radical (unpaired) electrons. The molecule has 0 unspecified atom stereocenters. The van der Waals surface area contributed by atoms with Crippen LogP contribution >= 0.6 is 27.3 Å². The van der Waals surface area contributed by atoms with Crippen LogP contribution in [0.4, 0.5) is 5.69 Å². The second kappa shape index (κ2) is 8.88. The van der Waals surface area contributed by atoms with E-state index in [1.165, 1.54) is 30.6 Å². The van der Waals surface area contributed by atoms with Crippen molar-refractivity contribution >= 4 is 55.0 Å². The Kier molecular flexibility index (Phi) is 5.76. The molecule has 0 aliphatic heterocycles. The van der Waals surface area contributed by atoms with Crippen molar-refractivity contribution in [3.05, 3.63) is 101 Å². The molecule has 10 heteroatoms. The standard InChI is InChI=1S/C24H16BrN3O5S/c1-32-20-10-15(11-22-23(29)27-19-8-3-2-7-18(19)26-24(27)34-22)17(25)12-21(20)33-13-14-5-4-6-16(9-14)28(30)31/h2-12H,13H2,1H3. The molecule has 2 aromatic heterocycles. The Hall–Kier alpha value is -3.76. The number of rotatable bonds is 6. The van der Waals surface area contributed by atoms with Crippen molar-refractivity contribution in [1.29, 1.82) is 0 Å². The van der Waals surface area contributed by atoms with Gasteiger partial charge in [-0.15, -0.1) is 0 Å². The van der Waals surface area contributed by atoms with Crippen LogP contribution in [0.1, 0.15) is 11.1 Å². The molecule has 0 atom stereocenters. The van der Waals surface area contributed by atoms with Crippen molar-refractivity contribution in [2.24, 2.45) is 0 Å². The van der Waals surface area contributed by atoms with Crippen molar-refractivity contribution < 1.29 is 14.4 Å². The number of para-hydroxylation sites is 2. The SMILES string of the molecule is COc1cc(C=c2sc3nc4ccccc4n3c2=O)c(Br)cc1OCc1cccc([N+](=O)[O-])c1. The number of thiazole rings is 1. The summed E-state index contributed by atoms with van der Waals surface area (Å²) in [5, 5.41) is 11.0. The fourth-order valence-electron chi connectivity index (χ4n) is 3.61. The highest BCUT2D eigenvalue weighted by atomic mass is 79.9. The first-order valence-electron chi connectivity index (χ1n) is 10.1. The summed E-state index contributed by atoms with van der Waals surface area (Å²) in [6.45, 7) is 0.132. The summed E-state index contributed by atoms with van der Waals surface area (Å²) in [5.41, 5.74) is 2.83. The molecule has 170 valence electrons. The fraction of sp³-hybridized carbons (Fsp3) is 0.0833. The summed E-state index contributed by atoms with van der Waals surface area (Å²) < 4.78 is 14.2. The van der Waals surface area contributed by atoms with Gasteiger partial charge in [0.15, 0.2) is 16.5 Å². The highest BCUT2D eigenvalue weighted by Gasteiger charge is 2.14. The summed E-state index contributed by atoms with van der Waals surface area (Å²) >= 11 is 4.87. The Bertz CT molecular complexity index is 1680. The molecule has 8 nitrogen and oxygen atoms in total. The normalized spacial score (nSPS) is 11.9. The molecule has 5 aromatic rings. The molecule has 2 heterocycles. The van der Waals surface area contributed by atoms with Crippen LogP contribution in [0.3, 0.4) is 0 Å². The van der Waals surface area contributed by atoms with E-state index >= 15 is 0 Å². The van der Waals surface area contributed by atoms with Crippen LogP contribution in [0.25, 0.3) is 22.1 Å². The molecule has 0 bridgehead atoms. The zero-order valence-corrected chi connectivity index (χ0v) is 20.1. The van der Waals surface area contributed by atoms with Crippen LogP contribution in [-0.4, -0.2) is 21.4 Å². The van der Waals surface area contributed by atoms with Crippen LogP contribution in [0.2, 0.25) is 0 Å². The lowest BCUT2D eigenvalue weighted by molar-refractivity contribution is -0.384. The number of hydrogen-bond donors (Lipinski definition) is 0. The average Bonchev–Trinajstić information content (AvgIpc) is 3.35. The summed E-state index contributed by atoms with van der Waals surface area (Å²) in [6, 6.07) is 17.3. The van der Waals surface area contributed by atoms with Gasteiger partial charge in [-0.05, 0) is 41.5 Å². The Labute approximate surface area is 205 Å². The maximum Gasteiger partial charge on any atom is 0.274 e. The van der Waals surface area contributed by atoms with Gasteiger partial charge in [-0.3, -0.25) is 14.9 Å². The lowest BCUT2D eigenvalue weighted by atomic mass is 10.2. The van der Waals surface area contributed by atoms with E-state index in [2.05, 4.69) is 20.9 Å². The molecule has 0 aliphatic carbocycles. The summed E-state index contributed by atoms with van der Waals surface area (Å²) in [6.07, 6.45) is 1.79. The average molecular weight is 538 g/mol. The van der Waals surface area contributed by atoms with Crippen LogP contribution in [0.5, 0.6) is 11.5 Å². The van der Waals surface area contributed by atoms with Gasteiger partial charge in [-0.1, -0.05) is 51.5 Å². The quantitative estimate of drug-likeness (QED) is 0.230. The Balaban J connectivity index is 1.49. The summed E-state index contributed by atoms with van der Waals surface area (Å²) in [5.74, 6) is 0.937. The van der Waals surface area contributed by atoms with Crippen molar-refractivity contribution in [2.45, 2.75) is 6.61 Å². The molecule has 0 spiro atoms. The zero-order valence-electron chi connectivity index (χ0n) is 17.7. The van der Waals surface area contributed by atoms with Gasteiger partial charge in [0.05, 0.1) is 27.6 Å². The van der Waals surface area contributed by atoms with Gasteiger partial charge in [-0.25, -0.2) is 9.38 Å². The summed E-state index contributed by atoms with van der Waals surface area (Å²) in [7, 11) is 1.53. The van der Waals surface area contributed by atoms with Crippen molar-refractivity contribution in [2.75, 3.05) is 7.11 Å². The predicted molar refractivity (Wildman–Crippen MR) is 134 cm³/mol. The molecule has 0 saturated carbocycles. The van der Waals surface area contributed by atoms with E-state index in [1.807, 2.05) is 24.3 Å². The molecule has 3 aromatic carbocycles. The number of nitro groups is 1. The number of aromatic nitrogens is 2. The Morgan fingerprint density at radius 3 is 2.76 bits per heavy atom. The van der Waals surface area contributed by atoms with E-state index < -0.39 is 4.92 Å². The molecular weight excluding hydrogens is 522 g/mol. The molecule has 0 saturated heterocycles. The first-order valence-corrected chi connectivity index (χ1v) is 11.7. The van der Waals surface area contributed by atoms with Crippen molar-refractivity contribution in [3.63, 3.8) is 0 Å². The third kappa shape index (κ3) is 4.02. The van der Waals surface area contributed by atoms with E-state index in [-0.39, 0.29) is 17.9 Å². The fourth-order valence-corrected chi connectivity index (χ4v) is 5.02. The molecular formula is C24H16BrN3O5S. The predicted octanol–water partition coefficient (Wildman–Crippen LogP) is 4.72. The highest BCUT2D eigenvalue weighted by Crippen LogP contribution is 2.34. The van der Waals surface area contributed by atoms with E-state index in [0.29, 0.717) is 31.0 Å². The molecule has 0 fully saturated rings. The number of ether oxygens (including phenoxy) is 2. The number of non-ortho nitro benzene ring substituents is 1. The number of nitro benzene ring substituents is 1. The minimum absolute atomic E-state index is 0.00248. The van der Waals surface area contributed by atoms with Crippen molar-refractivity contribution in [1.82, 2.24) is 9.38 Å². The van der Waals surface area contributed by atoms with Gasteiger partial charge < -0.3 is 9.47 Å². The first kappa shape index (κ1) is 22.1. The van der Waals surface area contributed by atoms with Gasteiger partial charge in [0.1, 0.15) is 6.61 Å². The number of hydrogen-bond acceptors (Lipinski definition) is 7. The molecule has 34 heavy (non-hydrogen) atoms. The van der Waals surface area contributed by atoms with E-state index in [9.17, 15) is 14.9 Å². The minimum Gasteiger partial charge on any atom is -0.493 e. The van der Waals surface area contributed by atoms with E-state index in [4.69, 9.17) is 9.47 Å². The third-order valence-corrected chi connectivity index (χ3v) is 6.89. The lowest BCUT2D eigenvalue weighted by Gasteiger charge is -2.13. The number of imidazole rings is 1. The second-order valence-electron chi connectivity index (χ2n) is 7.37. The number of halogens is 1. The maximum absolute atomic E-state index is 13.1. The monoisotopic (exact) mass is 537 g/mol. The maximum atomic E-state index is 13.1. The largest absolute Gasteiger partial charge is 0.493 e. The lowest BCUT2D eigenvalue weighted by Crippen LogP contribution is -2.22. The minimum atomic E-state index is -0.444. The smallest absolute Gasteiger partial charge is 0.274 e. The zero-order chi connectivity index (χ0) is 23.8. The van der Waals surface area contributed by atoms with Gasteiger partial charge in [0.2, 0.25) is 0 Å². The van der Waals surface area contributed by atoms with Crippen LogP contribution in [0.15, 0.2) is 69.9 Å². The van der Waals surface area contributed by atoms with Crippen LogP contribution < -0.4 is 19.6 Å². The Morgan fingerprint density at radius 1 is 1.15 bits per heavy atom. The van der Waals surface area contributed by atoms with Gasteiger partial charge in [-0.2, -0.15) is 0 Å². The van der Waals surface area contributed by atoms with Gasteiger partial charge in [0.25, 0.3) is 11.2 Å². The van der Waals surface area contributed by atoms with Gasteiger partial charge in [0, 0.05) is 16.6 Å². The van der Waals surface area contributed by atoms with Crippen molar-refractivity contribution in [3.8, 4) is 11.5 Å². The second-order valence-corrected chi connectivity index (χ2v) is 9.24. The van der Waals surface area contributed by atoms with Crippen LogP contribution in [-0.2, 0) is 6.61 Å². The van der Waals surface area contributed by atoms with Gasteiger partial charge >= 0.3 is 0 Å². The summed E-state index contributed by atoms with van der Waals surface area (Å²) in [4.78, 5) is 28.8. The van der Waals surface area contributed by atoms with Crippen LogP contribution in [0, 0.1) is 10.1 Å². The number of fused-ring (bicyclic) bond motifs is 3. The van der Waals surface area contributed by atoms with E-state index in [1.54, 1.807) is 34.7 Å². The number of methoxy groups -OCH3 is 1. The Morgan fingerprint density at radius 2 is 1.97 bits per heavy atom. The first-order chi connectivity index (χ1) is 16.4. The highest BCUT2D eigenvalue weighted by molar-refractivity contribution is 9.10. The third-order valence-electron chi connectivity index (χ3n) is 5.23. The van der Waals surface area contributed by atoms with E-state index in [0.717, 1.165) is 16.6 Å². The molecule has 0 amide bonds. The number of benzene rings is 3. The topological polar surface area (TPSA) is 96.0 Å². The number of nitrogens with zero attached hydrogens (tertiary/aromatic N) is 3. The molecule has 0 N–H and O–H groups in total.